The average molecular weight is 435 g/mol. The molecule has 1 fully saturated rings. The third kappa shape index (κ3) is 4.06. The smallest absolute Gasteiger partial charge is 0.243 e. The topological polar surface area (TPSA) is 96.8 Å². The molecule has 1 aromatic carbocycles. The van der Waals surface area contributed by atoms with Crippen LogP contribution < -0.4 is 0 Å². The van der Waals surface area contributed by atoms with Crippen molar-refractivity contribution in [2.75, 3.05) is 13.1 Å². The summed E-state index contributed by atoms with van der Waals surface area (Å²) in [7, 11) is -3.47. The Balaban J connectivity index is 1.61. The first-order chi connectivity index (χ1) is 14.0. The Morgan fingerprint density at radius 1 is 1.14 bits per heavy atom. The molecule has 0 saturated carbocycles. The standard InChI is InChI=1S/C19H26N6O2S2/c1-3-17-21-18(23-22-17)13-28-19-20-15-12-14(8-9-16(15)25(19)4-2)29(26,27)24-10-6-5-7-11-24/h8-9,12H,3-7,10-11,13H2,1-2H3,(H,21,22,23). The number of rotatable bonds is 7. The van der Waals surface area contributed by atoms with Crippen molar-refractivity contribution < 1.29 is 8.42 Å². The zero-order valence-electron chi connectivity index (χ0n) is 16.8. The van der Waals surface area contributed by atoms with Crippen LogP contribution in [0, 0.1) is 0 Å². The Morgan fingerprint density at radius 3 is 2.62 bits per heavy atom. The molecule has 4 rings (SSSR count). The minimum absolute atomic E-state index is 0.326. The Hall–Kier alpha value is -1.91. The van der Waals surface area contributed by atoms with Gasteiger partial charge in [0.25, 0.3) is 0 Å². The molecule has 1 aliphatic rings. The predicted octanol–water partition coefficient (Wildman–Crippen LogP) is 3.20. The van der Waals surface area contributed by atoms with E-state index in [0.717, 1.165) is 54.5 Å². The SMILES string of the molecule is CCc1n[nH]c(CSc2nc3cc(S(=O)(=O)N4CCCCC4)ccc3n2CC)n1. The van der Waals surface area contributed by atoms with Gasteiger partial charge in [-0.15, -0.1) is 0 Å². The fraction of sp³-hybridized carbons (Fsp3) is 0.526. The minimum atomic E-state index is -3.47. The molecule has 3 heterocycles. The van der Waals surface area contributed by atoms with Gasteiger partial charge in [0.05, 0.1) is 21.7 Å². The Kier molecular flexibility index (Phi) is 5.93. The molecule has 0 spiro atoms. The van der Waals surface area contributed by atoms with E-state index < -0.39 is 10.0 Å². The molecular weight excluding hydrogens is 408 g/mol. The summed E-state index contributed by atoms with van der Waals surface area (Å²) in [4.78, 5) is 9.49. The number of sulfonamides is 1. The lowest BCUT2D eigenvalue weighted by Crippen LogP contribution is -2.35. The highest BCUT2D eigenvalue weighted by Gasteiger charge is 2.26. The van der Waals surface area contributed by atoms with Gasteiger partial charge >= 0.3 is 0 Å². The molecule has 156 valence electrons. The molecule has 0 bridgehead atoms. The Morgan fingerprint density at radius 2 is 1.93 bits per heavy atom. The van der Waals surface area contributed by atoms with Crippen molar-refractivity contribution in [3.63, 3.8) is 0 Å². The molecule has 1 aliphatic heterocycles. The van der Waals surface area contributed by atoms with E-state index in [0.29, 0.717) is 29.3 Å². The zero-order chi connectivity index (χ0) is 20.4. The van der Waals surface area contributed by atoms with Crippen LogP contribution in [-0.4, -0.2) is 50.5 Å². The number of hydrogen-bond donors (Lipinski definition) is 1. The summed E-state index contributed by atoms with van der Waals surface area (Å²) in [5, 5.41) is 7.98. The van der Waals surface area contributed by atoms with Crippen molar-refractivity contribution in [3.8, 4) is 0 Å². The number of aromatic amines is 1. The van der Waals surface area contributed by atoms with Crippen LogP contribution >= 0.6 is 11.8 Å². The predicted molar refractivity (Wildman–Crippen MR) is 113 cm³/mol. The lowest BCUT2D eigenvalue weighted by atomic mass is 10.2. The average Bonchev–Trinajstić information content (AvgIpc) is 3.35. The van der Waals surface area contributed by atoms with Crippen LogP contribution in [0.25, 0.3) is 11.0 Å². The third-order valence-corrected chi connectivity index (χ3v) is 8.07. The lowest BCUT2D eigenvalue weighted by Gasteiger charge is -2.25. The van der Waals surface area contributed by atoms with Crippen LogP contribution in [0.5, 0.6) is 0 Å². The maximum absolute atomic E-state index is 13.0. The first-order valence-corrected chi connectivity index (χ1v) is 12.5. The van der Waals surface area contributed by atoms with Crippen molar-refractivity contribution in [2.45, 2.75) is 61.9 Å². The number of hydrogen-bond acceptors (Lipinski definition) is 6. The molecule has 29 heavy (non-hydrogen) atoms. The van der Waals surface area contributed by atoms with Crippen LogP contribution in [0.1, 0.15) is 44.8 Å². The van der Waals surface area contributed by atoms with Gasteiger partial charge in [0, 0.05) is 26.1 Å². The van der Waals surface area contributed by atoms with E-state index >= 15 is 0 Å². The van der Waals surface area contributed by atoms with Gasteiger partial charge in [-0.2, -0.15) is 9.40 Å². The first-order valence-electron chi connectivity index (χ1n) is 10.1. The lowest BCUT2D eigenvalue weighted by molar-refractivity contribution is 0.346. The van der Waals surface area contributed by atoms with Gasteiger partial charge in [-0.1, -0.05) is 25.1 Å². The number of H-pyrrole nitrogens is 1. The molecule has 1 N–H and O–H groups in total. The number of benzene rings is 1. The second-order valence-corrected chi connectivity index (χ2v) is 9.97. The monoisotopic (exact) mass is 434 g/mol. The largest absolute Gasteiger partial charge is 0.319 e. The molecule has 0 atom stereocenters. The van der Waals surface area contributed by atoms with Crippen LogP contribution in [0.4, 0.5) is 0 Å². The highest BCUT2D eigenvalue weighted by atomic mass is 32.2. The van der Waals surface area contributed by atoms with E-state index in [2.05, 4.69) is 26.7 Å². The van der Waals surface area contributed by atoms with Gasteiger partial charge < -0.3 is 4.57 Å². The molecule has 0 unspecified atom stereocenters. The zero-order valence-corrected chi connectivity index (χ0v) is 18.4. The minimum Gasteiger partial charge on any atom is -0.319 e. The van der Waals surface area contributed by atoms with E-state index in [4.69, 9.17) is 4.98 Å². The summed E-state index contributed by atoms with van der Waals surface area (Å²) < 4.78 is 29.7. The third-order valence-electron chi connectivity index (χ3n) is 5.19. The van der Waals surface area contributed by atoms with Crippen LogP contribution in [0.2, 0.25) is 0 Å². The summed E-state index contributed by atoms with van der Waals surface area (Å²) in [5.41, 5.74) is 1.65. The molecular formula is C19H26N6O2S2. The number of aryl methyl sites for hydroxylation is 2. The number of nitrogens with zero attached hydrogens (tertiary/aromatic N) is 5. The van der Waals surface area contributed by atoms with Crippen molar-refractivity contribution in [3.05, 3.63) is 29.8 Å². The molecule has 0 radical (unpaired) electrons. The number of piperidine rings is 1. The normalized spacial score (nSPS) is 15.9. The fourth-order valence-electron chi connectivity index (χ4n) is 3.61. The summed E-state index contributed by atoms with van der Waals surface area (Å²) in [6, 6.07) is 5.29. The molecule has 2 aromatic heterocycles. The van der Waals surface area contributed by atoms with Crippen molar-refractivity contribution >= 4 is 32.8 Å². The number of imidazole rings is 1. The highest BCUT2D eigenvalue weighted by Crippen LogP contribution is 2.29. The number of nitrogens with one attached hydrogen (secondary N) is 1. The molecule has 3 aromatic rings. The summed E-state index contributed by atoms with van der Waals surface area (Å²) in [5.74, 6) is 2.25. The second kappa shape index (κ2) is 8.45. The second-order valence-electron chi connectivity index (χ2n) is 7.09. The molecule has 8 nitrogen and oxygen atoms in total. The summed E-state index contributed by atoms with van der Waals surface area (Å²) in [6.45, 7) is 6.04. The van der Waals surface area contributed by atoms with E-state index in [9.17, 15) is 8.42 Å². The summed E-state index contributed by atoms with van der Waals surface area (Å²) >= 11 is 1.57. The van der Waals surface area contributed by atoms with Crippen molar-refractivity contribution in [2.24, 2.45) is 0 Å². The molecule has 10 heteroatoms. The highest BCUT2D eigenvalue weighted by molar-refractivity contribution is 7.98. The fourth-order valence-corrected chi connectivity index (χ4v) is 6.09. The van der Waals surface area contributed by atoms with Gasteiger partial charge in [-0.05, 0) is 38.0 Å². The van der Waals surface area contributed by atoms with Gasteiger partial charge in [-0.25, -0.2) is 18.4 Å². The number of fused-ring (bicyclic) bond motifs is 1. The maximum atomic E-state index is 13.0. The number of thioether (sulfide) groups is 1. The maximum Gasteiger partial charge on any atom is 0.243 e. The van der Waals surface area contributed by atoms with E-state index in [1.54, 1.807) is 28.2 Å². The van der Waals surface area contributed by atoms with Gasteiger partial charge in [-0.3, -0.25) is 5.10 Å². The van der Waals surface area contributed by atoms with E-state index in [-0.39, 0.29) is 0 Å². The molecule has 0 aliphatic carbocycles. The van der Waals surface area contributed by atoms with Gasteiger partial charge in [0.15, 0.2) is 5.16 Å². The molecule has 1 saturated heterocycles. The van der Waals surface area contributed by atoms with Gasteiger partial charge in [0.2, 0.25) is 10.0 Å². The Labute approximate surface area is 175 Å². The Bertz CT molecular complexity index is 1100. The first kappa shape index (κ1) is 20.4. The van der Waals surface area contributed by atoms with Crippen LogP contribution in [0.15, 0.2) is 28.3 Å². The van der Waals surface area contributed by atoms with Gasteiger partial charge in [0.1, 0.15) is 11.6 Å². The van der Waals surface area contributed by atoms with E-state index in [1.807, 2.05) is 13.0 Å². The van der Waals surface area contributed by atoms with E-state index in [1.165, 1.54) is 0 Å². The quantitative estimate of drug-likeness (QED) is 0.574. The van der Waals surface area contributed by atoms with Crippen LogP contribution in [0.3, 0.4) is 0 Å². The molecule has 0 amide bonds. The van der Waals surface area contributed by atoms with Crippen LogP contribution in [-0.2, 0) is 28.7 Å². The number of aromatic nitrogens is 5. The summed E-state index contributed by atoms with van der Waals surface area (Å²) in [6.07, 6.45) is 3.74. The van der Waals surface area contributed by atoms with Crippen molar-refractivity contribution in [1.29, 1.82) is 0 Å². The van der Waals surface area contributed by atoms with Crippen molar-refractivity contribution in [1.82, 2.24) is 29.0 Å².